The predicted octanol–water partition coefficient (Wildman–Crippen LogP) is 5.03. The minimum absolute atomic E-state index is 0.166. The molecule has 0 saturated heterocycles. The molecule has 0 spiro atoms. The molecular weight excluding hydrogens is 428 g/mol. The van der Waals surface area contributed by atoms with Gasteiger partial charge in [-0.25, -0.2) is 0 Å². The fourth-order valence-electron chi connectivity index (χ4n) is 5.64. The number of amides is 2. The molecular formula is C28H36N2O4. The zero-order valence-corrected chi connectivity index (χ0v) is 20.7. The van der Waals surface area contributed by atoms with Crippen LogP contribution in [0.3, 0.4) is 0 Å². The van der Waals surface area contributed by atoms with Crippen molar-refractivity contribution in [3.63, 3.8) is 0 Å². The first-order valence-corrected chi connectivity index (χ1v) is 11.8. The normalized spacial score (nSPS) is 28.4. The Morgan fingerprint density at radius 3 is 1.32 bits per heavy atom. The number of carbonyl (C=O) groups excluding carboxylic acids is 2. The lowest BCUT2D eigenvalue weighted by Crippen LogP contribution is -2.56. The molecule has 0 heterocycles. The van der Waals surface area contributed by atoms with Crippen LogP contribution in [0.5, 0.6) is 0 Å². The van der Waals surface area contributed by atoms with Crippen molar-refractivity contribution in [1.29, 1.82) is 0 Å². The van der Waals surface area contributed by atoms with Crippen molar-refractivity contribution in [2.45, 2.75) is 66.0 Å². The minimum atomic E-state index is -1.21. The Hall–Kier alpha value is -3.15. The van der Waals surface area contributed by atoms with Gasteiger partial charge >= 0.3 is 5.97 Å². The van der Waals surface area contributed by atoms with Gasteiger partial charge in [0.05, 0.1) is 17.5 Å². The summed E-state index contributed by atoms with van der Waals surface area (Å²) in [5, 5.41) is 16.2. The van der Waals surface area contributed by atoms with Gasteiger partial charge in [-0.05, 0) is 51.2 Å². The molecule has 0 bridgehead atoms. The van der Waals surface area contributed by atoms with Gasteiger partial charge < -0.3 is 15.7 Å². The molecule has 5 atom stereocenters. The maximum Gasteiger partial charge on any atom is 0.309 e. The molecule has 1 unspecified atom stereocenters. The highest BCUT2D eigenvalue weighted by atomic mass is 16.4. The molecule has 1 aliphatic carbocycles. The summed E-state index contributed by atoms with van der Waals surface area (Å²) in [5.41, 5.74) is -1.31. The highest BCUT2D eigenvalue weighted by Gasteiger charge is 2.57. The van der Waals surface area contributed by atoms with Crippen LogP contribution in [0.1, 0.15) is 77.1 Å². The second-order valence-electron chi connectivity index (χ2n) is 10.7. The van der Waals surface area contributed by atoms with Crippen molar-refractivity contribution in [2.75, 3.05) is 0 Å². The maximum atomic E-state index is 13.5. The number of benzene rings is 2. The van der Waals surface area contributed by atoms with Crippen molar-refractivity contribution >= 4 is 17.8 Å². The summed E-state index contributed by atoms with van der Waals surface area (Å²) >= 11 is 0. The number of carboxylic acids is 1. The second-order valence-corrected chi connectivity index (χ2v) is 10.7. The number of carbonyl (C=O) groups is 3. The van der Waals surface area contributed by atoms with Crippen molar-refractivity contribution in [2.24, 2.45) is 16.2 Å². The third-order valence-electron chi connectivity index (χ3n) is 7.25. The van der Waals surface area contributed by atoms with E-state index >= 15 is 0 Å². The summed E-state index contributed by atoms with van der Waals surface area (Å²) in [6.07, 6.45) is 0.600. The lowest BCUT2D eigenvalue weighted by atomic mass is 9.53. The molecule has 6 heteroatoms. The zero-order chi connectivity index (χ0) is 25.1. The van der Waals surface area contributed by atoms with E-state index in [1.54, 1.807) is 20.8 Å². The van der Waals surface area contributed by atoms with E-state index in [1.165, 1.54) is 0 Å². The van der Waals surface area contributed by atoms with E-state index in [0.717, 1.165) is 11.1 Å². The van der Waals surface area contributed by atoms with E-state index in [0.29, 0.717) is 0 Å². The average molecular weight is 465 g/mol. The number of rotatable bonds is 7. The lowest BCUT2D eigenvalue weighted by Gasteiger charge is -2.49. The Morgan fingerprint density at radius 2 is 1.00 bits per heavy atom. The monoisotopic (exact) mass is 464 g/mol. The average Bonchev–Trinajstić information content (AvgIpc) is 2.79. The molecule has 2 aromatic carbocycles. The largest absolute Gasteiger partial charge is 0.481 e. The third-order valence-corrected chi connectivity index (χ3v) is 7.25. The third kappa shape index (κ3) is 5.32. The van der Waals surface area contributed by atoms with Crippen LogP contribution in [-0.4, -0.2) is 22.9 Å². The molecule has 34 heavy (non-hydrogen) atoms. The first-order valence-electron chi connectivity index (χ1n) is 11.8. The van der Waals surface area contributed by atoms with Gasteiger partial charge in [0.15, 0.2) is 0 Å². The summed E-state index contributed by atoms with van der Waals surface area (Å²) in [7, 11) is 0. The van der Waals surface area contributed by atoms with E-state index < -0.39 is 22.2 Å². The van der Waals surface area contributed by atoms with Crippen LogP contribution in [0.4, 0.5) is 0 Å². The van der Waals surface area contributed by atoms with Crippen molar-refractivity contribution in [3.05, 3.63) is 71.8 Å². The second kappa shape index (κ2) is 9.61. The molecule has 182 valence electrons. The number of hydrogen-bond acceptors (Lipinski definition) is 3. The van der Waals surface area contributed by atoms with E-state index in [1.807, 2.05) is 74.5 Å². The zero-order valence-electron chi connectivity index (χ0n) is 20.7. The van der Waals surface area contributed by atoms with Crippen molar-refractivity contribution in [3.8, 4) is 0 Å². The highest BCUT2D eigenvalue weighted by molar-refractivity contribution is 5.89. The molecule has 1 aliphatic rings. The summed E-state index contributed by atoms with van der Waals surface area (Å²) in [6, 6.07) is 18.8. The van der Waals surface area contributed by atoms with Gasteiger partial charge in [0.1, 0.15) is 0 Å². The first-order chi connectivity index (χ1) is 15.9. The Balaban J connectivity index is 1.86. The quantitative estimate of drug-likeness (QED) is 0.536. The van der Waals surface area contributed by atoms with E-state index in [9.17, 15) is 19.5 Å². The molecule has 6 nitrogen and oxygen atoms in total. The maximum absolute atomic E-state index is 13.5. The van der Waals surface area contributed by atoms with Crippen LogP contribution in [0.2, 0.25) is 0 Å². The van der Waals surface area contributed by atoms with Gasteiger partial charge in [-0.15, -0.1) is 0 Å². The van der Waals surface area contributed by atoms with Crippen LogP contribution in [0.15, 0.2) is 60.7 Å². The van der Waals surface area contributed by atoms with Crippen LogP contribution in [0.25, 0.3) is 0 Å². The topological polar surface area (TPSA) is 95.5 Å². The van der Waals surface area contributed by atoms with Crippen LogP contribution in [0, 0.1) is 16.2 Å². The highest BCUT2D eigenvalue weighted by Crippen LogP contribution is 2.55. The molecule has 0 aliphatic heterocycles. The van der Waals surface area contributed by atoms with Gasteiger partial charge in [-0.1, -0.05) is 74.5 Å². The van der Waals surface area contributed by atoms with Crippen LogP contribution >= 0.6 is 0 Å². The fraction of sp³-hybridized carbons (Fsp3) is 0.464. The molecule has 2 aromatic rings. The molecule has 2 amide bonds. The van der Waals surface area contributed by atoms with Crippen molar-refractivity contribution in [1.82, 2.24) is 10.6 Å². The summed E-state index contributed by atoms with van der Waals surface area (Å²) in [5.74, 6) is -1.45. The molecule has 0 aromatic heterocycles. The standard InChI is InChI=1S/C28H36N2O4/c1-19(21-12-8-6-9-13-21)29-23(31)26(3)16-27(4,18-28(5,17-26)25(33)34)24(32)30-20(2)22-14-10-7-11-15-22/h6-15,19-20H,16-18H2,1-5H3,(H,29,31)(H,30,32)(H,33,34)/t19-,20-,26-,27+,28?/m0/s1. The summed E-state index contributed by atoms with van der Waals surface area (Å²) < 4.78 is 0. The molecule has 3 rings (SSSR count). The van der Waals surface area contributed by atoms with E-state index in [4.69, 9.17) is 0 Å². The Bertz CT molecular complexity index is 965. The molecule has 1 fully saturated rings. The Morgan fingerprint density at radius 1 is 0.676 bits per heavy atom. The van der Waals surface area contributed by atoms with Gasteiger partial charge in [-0.2, -0.15) is 0 Å². The predicted molar refractivity (Wildman–Crippen MR) is 132 cm³/mol. The Kier molecular flexibility index (Phi) is 7.20. The number of aliphatic carboxylic acids is 1. The van der Waals surface area contributed by atoms with Crippen LogP contribution < -0.4 is 10.6 Å². The van der Waals surface area contributed by atoms with Gasteiger partial charge in [0.2, 0.25) is 11.8 Å². The van der Waals surface area contributed by atoms with Gasteiger partial charge in [0.25, 0.3) is 0 Å². The lowest BCUT2D eigenvalue weighted by molar-refractivity contribution is -0.164. The Labute approximate surface area is 202 Å². The summed E-state index contributed by atoms with van der Waals surface area (Å²) in [6.45, 7) is 9.03. The molecule has 0 radical (unpaired) electrons. The smallest absolute Gasteiger partial charge is 0.309 e. The number of carboxylic acid groups (broad SMARTS) is 1. The van der Waals surface area contributed by atoms with Gasteiger partial charge in [-0.3, -0.25) is 14.4 Å². The summed E-state index contributed by atoms with van der Waals surface area (Å²) in [4.78, 5) is 39.4. The molecule has 3 N–H and O–H groups in total. The van der Waals surface area contributed by atoms with E-state index in [2.05, 4.69) is 10.6 Å². The fourth-order valence-corrected chi connectivity index (χ4v) is 5.64. The SMILES string of the molecule is C[C@H](NC(=O)[C@@]1(C)CC(C)(C(=O)O)C[C@@](C)(C(=O)N[C@@H](C)c2ccccc2)C1)c1ccccc1. The number of nitrogens with one attached hydrogen (secondary N) is 2. The molecule has 1 saturated carbocycles. The van der Waals surface area contributed by atoms with E-state index in [-0.39, 0.29) is 43.2 Å². The number of hydrogen-bond donors (Lipinski definition) is 3. The van der Waals surface area contributed by atoms with Crippen molar-refractivity contribution < 1.29 is 19.5 Å². The minimum Gasteiger partial charge on any atom is -0.481 e. The van der Waals surface area contributed by atoms with Gasteiger partial charge in [0, 0.05) is 10.8 Å². The van der Waals surface area contributed by atoms with Crippen LogP contribution in [-0.2, 0) is 14.4 Å². The first kappa shape index (κ1) is 25.5.